The summed E-state index contributed by atoms with van der Waals surface area (Å²) >= 11 is 0. The van der Waals surface area contributed by atoms with Crippen molar-refractivity contribution in [1.29, 1.82) is 0 Å². The van der Waals surface area contributed by atoms with Crippen LogP contribution in [0.2, 0.25) is 0 Å². The molecule has 35 heavy (non-hydrogen) atoms. The second-order valence-electron chi connectivity index (χ2n) is 8.73. The normalized spacial score (nSPS) is 18.0. The predicted octanol–water partition coefficient (Wildman–Crippen LogP) is 2.80. The zero-order valence-corrected chi connectivity index (χ0v) is 18.9. The van der Waals surface area contributed by atoms with Gasteiger partial charge in [-0.2, -0.15) is 4.98 Å². The SMILES string of the molecule is COc1nc(NC2CCN(C3COC3)CC2)nn2cc(F)c(-c3cnc4ncc(C(F)F)n4c3)c12. The number of piperidine rings is 1. The van der Waals surface area contributed by atoms with Crippen LogP contribution in [-0.4, -0.2) is 79.4 Å². The molecule has 1 N–H and O–H groups in total. The molecule has 0 bridgehead atoms. The lowest BCUT2D eigenvalue weighted by Crippen LogP contribution is -2.53. The Morgan fingerprint density at radius 1 is 1.14 bits per heavy atom. The molecule has 184 valence electrons. The number of nitrogens with zero attached hydrogens (tertiary/aromatic N) is 7. The average molecular weight is 488 g/mol. The minimum absolute atomic E-state index is 0.0959. The van der Waals surface area contributed by atoms with Gasteiger partial charge < -0.3 is 14.8 Å². The largest absolute Gasteiger partial charge is 0.479 e. The van der Waals surface area contributed by atoms with Crippen molar-refractivity contribution in [1.82, 2.24) is 33.9 Å². The Kier molecular flexibility index (Phi) is 5.44. The summed E-state index contributed by atoms with van der Waals surface area (Å²) in [5.41, 5.74) is 0.319. The molecule has 2 saturated heterocycles. The van der Waals surface area contributed by atoms with Gasteiger partial charge in [-0.15, -0.1) is 5.10 Å². The molecule has 10 nitrogen and oxygen atoms in total. The molecule has 4 aromatic heterocycles. The van der Waals surface area contributed by atoms with E-state index in [1.165, 1.54) is 30.2 Å². The van der Waals surface area contributed by atoms with Crippen LogP contribution in [0.5, 0.6) is 5.88 Å². The summed E-state index contributed by atoms with van der Waals surface area (Å²) in [7, 11) is 1.44. The predicted molar refractivity (Wildman–Crippen MR) is 119 cm³/mol. The van der Waals surface area contributed by atoms with Gasteiger partial charge in [0.1, 0.15) is 11.2 Å². The number of fused-ring (bicyclic) bond motifs is 2. The Bertz CT molecular complexity index is 1380. The lowest BCUT2D eigenvalue weighted by Gasteiger charge is -2.41. The molecule has 0 atom stereocenters. The fraction of sp³-hybridized carbons (Fsp3) is 0.455. The summed E-state index contributed by atoms with van der Waals surface area (Å²) in [5.74, 6) is -0.0287. The molecular weight excluding hydrogens is 465 g/mol. The smallest absolute Gasteiger partial charge is 0.280 e. The molecule has 0 spiro atoms. The maximum Gasteiger partial charge on any atom is 0.280 e. The number of imidazole rings is 1. The van der Waals surface area contributed by atoms with E-state index in [0.717, 1.165) is 49.7 Å². The Labute approximate surface area is 197 Å². The summed E-state index contributed by atoms with van der Waals surface area (Å²) in [6.07, 6.45) is 4.12. The van der Waals surface area contributed by atoms with E-state index in [1.807, 2.05) is 0 Å². The Hall–Kier alpha value is -3.45. The molecule has 0 amide bonds. The topological polar surface area (TPSA) is 94.1 Å². The first kappa shape index (κ1) is 22.0. The van der Waals surface area contributed by atoms with Crippen LogP contribution in [0.3, 0.4) is 0 Å². The van der Waals surface area contributed by atoms with E-state index >= 15 is 4.39 Å². The van der Waals surface area contributed by atoms with Crippen molar-refractivity contribution in [2.75, 3.05) is 38.7 Å². The van der Waals surface area contributed by atoms with Crippen LogP contribution in [0, 0.1) is 5.82 Å². The molecule has 0 unspecified atom stereocenters. The van der Waals surface area contributed by atoms with E-state index in [4.69, 9.17) is 9.47 Å². The number of likely N-dealkylation sites (tertiary alicyclic amines) is 1. The van der Waals surface area contributed by atoms with Gasteiger partial charge in [0.05, 0.1) is 44.3 Å². The molecule has 13 heteroatoms. The van der Waals surface area contributed by atoms with Crippen LogP contribution in [0.25, 0.3) is 22.4 Å². The van der Waals surface area contributed by atoms with Crippen molar-refractivity contribution >= 4 is 17.2 Å². The standard InChI is InChI=1S/C22H23F3N8O2/c1-34-20-18-17(12-6-26-22-27-7-16(19(24)25)32(22)8-12)15(23)9-33(18)30-21(29-20)28-13-2-4-31(5-3-13)14-10-35-11-14/h6-9,13-14,19H,2-5,10-11H2,1H3,(H,28,30). The molecule has 0 aromatic carbocycles. The van der Waals surface area contributed by atoms with E-state index in [1.54, 1.807) is 0 Å². The lowest BCUT2D eigenvalue weighted by molar-refractivity contribution is -0.0705. The number of alkyl halides is 2. The van der Waals surface area contributed by atoms with Crippen LogP contribution in [0.1, 0.15) is 25.0 Å². The second-order valence-corrected chi connectivity index (χ2v) is 8.73. The van der Waals surface area contributed by atoms with Gasteiger partial charge in [-0.25, -0.2) is 27.7 Å². The van der Waals surface area contributed by atoms with Gasteiger partial charge >= 0.3 is 0 Å². The lowest BCUT2D eigenvalue weighted by atomic mass is 10.0. The summed E-state index contributed by atoms with van der Waals surface area (Å²) in [6.45, 7) is 3.50. The van der Waals surface area contributed by atoms with Gasteiger partial charge in [0.15, 0.2) is 5.82 Å². The van der Waals surface area contributed by atoms with E-state index < -0.39 is 12.2 Å². The fourth-order valence-corrected chi connectivity index (χ4v) is 4.71. The molecule has 2 fully saturated rings. The number of anilines is 1. The van der Waals surface area contributed by atoms with E-state index in [0.29, 0.717) is 12.0 Å². The average Bonchev–Trinajstić information content (AvgIpc) is 3.38. The van der Waals surface area contributed by atoms with Gasteiger partial charge in [0.25, 0.3) is 6.43 Å². The maximum absolute atomic E-state index is 15.2. The van der Waals surface area contributed by atoms with Crippen molar-refractivity contribution in [2.24, 2.45) is 0 Å². The third kappa shape index (κ3) is 3.84. The highest BCUT2D eigenvalue weighted by molar-refractivity contribution is 5.84. The van der Waals surface area contributed by atoms with E-state index in [9.17, 15) is 8.78 Å². The third-order valence-corrected chi connectivity index (χ3v) is 6.65. The molecule has 6 heterocycles. The van der Waals surface area contributed by atoms with E-state index in [-0.39, 0.29) is 40.0 Å². The number of aromatic nitrogens is 6. The summed E-state index contributed by atoms with van der Waals surface area (Å²) < 4.78 is 55.1. The van der Waals surface area contributed by atoms with Crippen molar-refractivity contribution in [3.8, 4) is 17.0 Å². The summed E-state index contributed by atoms with van der Waals surface area (Å²) in [4.78, 5) is 14.9. The van der Waals surface area contributed by atoms with Gasteiger partial charge in [0.2, 0.25) is 17.6 Å². The fourth-order valence-electron chi connectivity index (χ4n) is 4.71. The van der Waals surface area contributed by atoms with Crippen LogP contribution in [0.15, 0.2) is 24.8 Å². The van der Waals surface area contributed by atoms with Crippen molar-refractivity contribution in [2.45, 2.75) is 31.4 Å². The van der Waals surface area contributed by atoms with Crippen LogP contribution in [-0.2, 0) is 4.74 Å². The molecule has 0 saturated carbocycles. The molecule has 0 aliphatic carbocycles. The minimum atomic E-state index is -2.75. The highest BCUT2D eigenvalue weighted by Crippen LogP contribution is 2.34. The first-order valence-corrected chi connectivity index (χ1v) is 11.3. The van der Waals surface area contributed by atoms with Crippen LogP contribution in [0.4, 0.5) is 19.1 Å². The number of hydrogen-bond acceptors (Lipinski definition) is 8. The molecule has 2 aliphatic heterocycles. The number of halogens is 3. The molecule has 4 aromatic rings. The van der Waals surface area contributed by atoms with Crippen molar-refractivity contribution in [3.05, 3.63) is 36.3 Å². The monoisotopic (exact) mass is 488 g/mol. The van der Waals surface area contributed by atoms with Crippen molar-refractivity contribution < 1.29 is 22.6 Å². The number of methoxy groups -OCH3 is 1. The number of ether oxygens (including phenoxy) is 2. The van der Waals surface area contributed by atoms with Crippen molar-refractivity contribution in [3.63, 3.8) is 0 Å². The Balaban J connectivity index is 1.32. The Morgan fingerprint density at radius 2 is 1.91 bits per heavy atom. The molecule has 6 rings (SSSR count). The summed E-state index contributed by atoms with van der Waals surface area (Å²) in [5, 5.41) is 7.79. The second kappa shape index (κ2) is 8.64. The minimum Gasteiger partial charge on any atom is -0.479 e. The van der Waals surface area contributed by atoms with E-state index in [2.05, 4.69) is 30.3 Å². The molecular formula is C22H23F3N8O2. The zero-order valence-electron chi connectivity index (χ0n) is 18.9. The Morgan fingerprint density at radius 3 is 2.60 bits per heavy atom. The highest BCUT2D eigenvalue weighted by Gasteiger charge is 2.30. The molecule has 0 radical (unpaired) electrons. The quantitative estimate of drug-likeness (QED) is 0.443. The first-order chi connectivity index (χ1) is 17.0. The maximum atomic E-state index is 15.2. The zero-order chi connectivity index (χ0) is 24.1. The van der Waals surface area contributed by atoms with Gasteiger partial charge in [-0.3, -0.25) is 9.30 Å². The first-order valence-electron chi connectivity index (χ1n) is 11.3. The van der Waals surface area contributed by atoms with Gasteiger partial charge in [-0.05, 0) is 12.8 Å². The highest BCUT2D eigenvalue weighted by atomic mass is 19.3. The number of rotatable bonds is 6. The molecule has 2 aliphatic rings. The van der Waals surface area contributed by atoms with Crippen LogP contribution >= 0.6 is 0 Å². The van der Waals surface area contributed by atoms with Gasteiger partial charge in [-0.1, -0.05) is 0 Å². The summed E-state index contributed by atoms with van der Waals surface area (Å²) in [6, 6.07) is 0.688. The number of nitrogens with one attached hydrogen (secondary N) is 1. The number of hydrogen-bond donors (Lipinski definition) is 1. The van der Waals surface area contributed by atoms with Gasteiger partial charge in [0, 0.05) is 37.1 Å². The van der Waals surface area contributed by atoms with Crippen LogP contribution < -0.4 is 10.1 Å². The third-order valence-electron chi connectivity index (χ3n) is 6.65.